The van der Waals surface area contributed by atoms with E-state index in [-0.39, 0.29) is 17.1 Å². The predicted molar refractivity (Wildman–Crippen MR) is 232 cm³/mol. The van der Waals surface area contributed by atoms with Crippen LogP contribution >= 0.6 is 0 Å². The second-order valence-electron chi connectivity index (χ2n) is 18.1. The fourth-order valence-electron chi connectivity index (χ4n) is 10.9. The van der Waals surface area contributed by atoms with Crippen molar-refractivity contribution in [2.24, 2.45) is 0 Å². The van der Waals surface area contributed by atoms with Crippen LogP contribution < -0.4 is 10.4 Å². The minimum Gasteiger partial charge on any atom is -0.293 e. The molecule has 4 rings (SSSR count). The molecule has 0 amide bonds. The summed E-state index contributed by atoms with van der Waals surface area (Å²) in [6.07, 6.45) is 9.77. The molecule has 2 fully saturated rings. The predicted octanol–water partition coefficient (Wildman–Crippen LogP) is 9.66. The molecule has 2 N–H and O–H groups in total. The van der Waals surface area contributed by atoms with Gasteiger partial charge < -0.3 is 0 Å². The van der Waals surface area contributed by atoms with Crippen LogP contribution in [0.3, 0.4) is 0 Å². The molecule has 2 aromatic heterocycles. The largest absolute Gasteiger partial charge is 0.522 e. The number of pyridine rings is 2. The quantitative estimate of drug-likeness (QED) is 0.0863. The molecule has 4 heterocycles. The molecule has 0 aliphatic carbocycles. The summed E-state index contributed by atoms with van der Waals surface area (Å²) >= 11 is 0. The third-order valence-corrected chi connectivity index (χ3v) is 28.2. The van der Waals surface area contributed by atoms with Crippen LogP contribution in [0.5, 0.6) is 0 Å². The fourth-order valence-corrected chi connectivity index (χ4v) is 24.3. The van der Waals surface area contributed by atoms with E-state index in [9.17, 15) is 26.3 Å². The van der Waals surface area contributed by atoms with Gasteiger partial charge >= 0.3 is 31.3 Å². The van der Waals surface area contributed by atoms with Gasteiger partial charge in [-0.1, -0.05) is 95.2 Å². The van der Waals surface area contributed by atoms with Gasteiger partial charge in [0.05, 0.1) is 27.5 Å². The van der Waals surface area contributed by atoms with Gasteiger partial charge in [0, 0.05) is 54.6 Å². The molecular weight excluding hydrogens is 923 g/mol. The Labute approximate surface area is 373 Å². The molecule has 2 aromatic rings. The van der Waals surface area contributed by atoms with Crippen molar-refractivity contribution >= 4 is 46.8 Å². The fraction of sp³-hybridized carbons (Fsp3) is 0.750. The number of hydrogen-bond acceptors (Lipinski definition) is 8. The zero-order chi connectivity index (χ0) is 46.4. The second-order valence-corrected chi connectivity index (χ2v) is 32.7. The van der Waals surface area contributed by atoms with E-state index in [1.165, 1.54) is 50.2 Å². The minimum atomic E-state index is -5.84. The smallest absolute Gasteiger partial charge is 0.293 e. The molecule has 2 aliphatic heterocycles. The topological polar surface area (TPSA) is 141 Å². The molecule has 10 nitrogen and oxygen atoms in total. The molecule has 0 bridgehead atoms. The van der Waals surface area contributed by atoms with Crippen molar-refractivity contribution in [1.82, 2.24) is 19.8 Å². The Morgan fingerprint density at radius 3 is 1.00 bits per heavy atom. The van der Waals surface area contributed by atoms with Gasteiger partial charge in [0.25, 0.3) is 0 Å². The van der Waals surface area contributed by atoms with Gasteiger partial charge in [-0.25, -0.2) is 0 Å². The average Bonchev–Trinajstić information content (AvgIpc) is 3.73. The molecule has 0 spiro atoms. The molecule has 0 saturated carbocycles. The summed E-state index contributed by atoms with van der Waals surface area (Å²) in [6, 6.07) is 10.9. The first-order valence-electron chi connectivity index (χ1n) is 20.7. The summed E-state index contributed by atoms with van der Waals surface area (Å²) in [4.78, 5) is 15.8. The second kappa shape index (κ2) is 22.7. The van der Waals surface area contributed by atoms with Gasteiger partial charge in [0.1, 0.15) is 0 Å². The van der Waals surface area contributed by atoms with Gasteiger partial charge in [-0.3, -0.25) is 28.9 Å². The van der Waals surface area contributed by atoms with Gasteiger partial charge in [-0.2, -0.15) is 43.2 Å². The molecule has 0 radical (unpaired) electrons. The first-order valence-corrected chi connectivity index (χ1v) is 28.1. The van der Waals surface area contributed by atoms with Crippen LogP contribution in [0.25, 0.3) is 0 Å². The van der Waals surface area contributed by atoms with Crippen molar-refractivity contribution in [1.29, 1.82) is 0 Å². The maximum Gasteiger partial charge on any atom is 0.522 e. The average molecular weight is 991 g/mol. The number of nitrogens with zero attached hydrogens (tertiary/aromatic N) is 4. The number of halogens is 6. The number of alkyl halides is 6. The van der Waals surface area contributed by atoms with E-state index in [0.29, 0.717) is 45.3 Å². The maximum absolute atomic E-state index is 10.7. The van der Waals surface area contributed by atoms with Crippen molar-refractivity contribution in [3.63, 3.8) is 0 Å². The molecule has 2 saturated heterocycles. The molecule has 2 atom stereocenters. The number of rotatable bonds is 13. The van der Waals surface area contributed by atoms with Crippen LogP contribution in [-0.2, 0) is 50.4 Å². The summed E-state index contributed by atoms with van der Waals surface area (Å²) in [7, 11) is -15.0. The molecule has 61 heavy (non-hydrogen) atoms. The van der Waals surface area contributed by atoms with E-state index in [1.54, 1.807) is 10.4 Å². The van der Waals surface area contributed by atoms with Crippen LogP contribution in [0.15, 0.2) is 36.7 Å². The van der Waals surface area contributed by atoms with E-state index in [2.05, 4.69) is 130 Å². The number of likely N-dealkylation sites (tertiary alicyclic amines) is 2. The van der Waals surface area contributed by atoms with Crippen LogP contribution in [0.4, 0.5) is 26.3 Å². The summed E-state index contributed by atoms with van der Waals surface area (Å²) in [6.45, 7) is 33.7. The Hall–Kier alpha value is -1.43. The third-order valence-electron chi connectivity index (χ3n) is 13.0. The zero-order valence-electron chi connectivity index (χ0n) is 37.5. The first-order chi connectivity index (χ1) is 27.3. The van der Waals surface area contributed by atoms with Gasteiger partial charge in [0.15, 0.2) is 0 Å². The minimum absolute atomic E-state index is 0. The van der Waals surface area contributed by atoms with Crippen molar-refractivity contribution < 1.29 is 69.4 Å². The van der Waals surface area contributed by atoms with E-state index in [4.69, 9.17) is 35.9 Å². The molecule has 21 heteroatoms. The molecular formula is C40H68F6FeN4O6S2Si2. The van der Waals surface area contributed by atoms with Crippen LogP contribution in [0.2, 0.25) is 33.2 Å². The van der Waals surface area contributed by atoms with E-state index >= 15 is 0 Å². The van der Waals surface area contributed by atoms with E-state index in [1.807, 2.05) is 0 Å². The number of aromatic nitrogens is 2. The van der Waals surface area contributed by atoms with E-state index < -0.39 is 47.4 Å². The Balaban J connectivity index is 0.000000924. The standard InChI is InChI=1S/C38H66N4Si2.2CHF3O3S.Fe/c1-27(2)43(28(3)4,29(5)6)35-19-17-33(39-23-35)25-41-21-13-15-37(41)38-16-14-22-42(38)26-34-18-20-36(24-40-34)44(30(7)8,31(9)10)32(11)12;2*2-1(3,4)8(5,6)7;/h17-20,23-24,27-32,37-38H,13-16,21-22,25-26H2,1-12H3;2*(H,5,6,7);/t37-,38-;;;/m1.../s1. The molecule has 354 valence electrons. The first kappa shape index (κ1) is 57.6. The third kappa shape index (κ3) is 13.8. The number of hydrogen-bond donors (Lipinski definition) is 2. The monoisotopic (exact) mass is 990 g/mol. The van der Waals surface area contributed by atoms with Gasteiger partial charge in [0.2, 0.25) is 0 Å². The Kier molecular flexibility index (Phi) is 21.4. The van der Waals surface area contributed by atoms with Crippen LogP contribution in [0, 0.1) is 0 Å². The summed E-state index contributed by atoms with van der Waals surface area (Å²) in [5.41, 5.74) is -4.32. The van der Waals surface area contributed by atoms with Gasteiger partial charge in [-0.05, 0) is 94.5 Å². The SMILES string of the molecule is CC(C)[Si](c1ccc(CN2CCC[C@@H]2[C@H]2CCCN2Cc2ccc([Si](C(C)C)(C(C)C)C(C)C)cn2)nc1)(C(C)C)C(C)C.O=S(=O)(O)C(F)(F)F.O=S(=O)(O)C(F)(F)F.[Fe]. The maximum atomic E-state index is 10.7. The normalized spacial score (nSPS) is 18.8. The molecule has 2 aliphatic rings. The summed E-state index contributed by atoms with van der Waals surface area (Å²) < 4.78 is 115. The molecule has 0 aromatic carbocycles. The van der Waals surface area contributed by atoms with Gasteiger partial charge in [-0.15, -0.1) is 0 Å². The molecule has 0 unspecified atom stereocenters. The van der Waals surface area contributed by atoms with E-state index in [0.717, 1.165) is 13.1 Å². The van der Waals surface area contributed by atoms with Crippen molar-refractivity contribution in [2.75, 3.05) is 13.1 Å². The zero-order valence-corrected chi connectivity index (χ0v) is 42.2. The van der Waals surface area contributed by atoms with Crippen molar-refractivity contribution in [2.45, 2.75) is 178 Å². The summed E-state index contributed by atoms with van der Waals surface area (Å²) in [5, 5.41) is 3.10. The Morgan fingerprint density at radius 1 is 0.574 bits per heavy atom. The van der Waals surface area contributed by atoms with Crippen molar-refractivity contribution in [3.05, 3.63) is 48.0 Å². The van der Waals surface area contributed by atoms with Crippen molar-refractivity contribution in [3.8, 4) is 0 Å². The Morgan fingerprint density at radius 2 is 0.820 bits per heavy atom. The van der Waals surface area contributed by atoms with Crippen LogP contribution in [-0.4, -0.2) is 98.0 Å². The van der Waals surface area contributed by atoms with Crippen LogP contribution in [0.1, 0.15) is 120 Å². The summed E-state index contributed by atoms with van der Waals surface area (Å²) in [5.74, 6) is 0. The Bertz CT molecular complexity index is 1690.